The second kappa shape index (κ2) is 10.8. The van der Waals surface area contributed by atoms with E-state index in [1.165, 1.54) is 0 Å². The number of imide groups is 1. The summed E-state index contributed by atoms with van der Waals surface area (Å²) in [6.07, 6.45) is 0.656. The molecule has 8 heteroatoms. The van der Waals surface area contributed by atoms with E-state index in [9.17, 15) is 14.4 Å². The SMILES string of the molecule is CCCOC(=O)c1ccccc1N1C(=O)C(Nc2cccc(C)c2)=C(Sc2ccc(Cl)cc2)C1=O. The zero-order valence-electron chi connectivity index (χ0n) is 19.2. The fourth-order valence-electron chi connectivity index (χ4n) is 3.53. The van der Waals surface area contributed by atoms with Crippen LogP contribution in [0.25, 0.3) is 0 Å². The predicted octanol–water partition coefficient (Wildman–Crippen LogP) is 6.20. The van der Waals surface area contributed by atoms with Crippen molar-refractivity contribution in [1.82, 2.24) is 0 Å². The largest absolute Gasteiger partial charge is 0.462 e. The monoisotopic (exact) mass is 506 g/mol. The first-order chi connectivity index (χ1) is 16.9. The van der Waals surface area contributed by atoms with E-state index in [2.05, 4.69) is 5.32 Å². The van der Waals surface area contributed by atoms with Crippen molar-refractivity contribution in [3.8, 4) is 0 Å². The Bertz CT molecular complexity index is 1320. The van der Waals surface area contributed by atoms with Gasteiger partial charge in [0.05, 0.1) is 17.9 Å². The number of ether oxygens (including phenoxy) is 1. The molecule has 178 valence electrons. The molecule has 1 heterocycles. The lowest BCUT2D eigenvalue weighted by Crippen LogP contribution is -2.33. The van der Waals surface area contributed by atoms with E-state index in [0.29, 0.717) is 17.1 Å². The number of anilines is 2. The quantitative estimate of drug-likeness (QED) is 0.289. The zero-order chi connectivity index (χ0) is 24.9. The first-order valence-corrected chi connectivity index (χ1v) is 12.2. The molecule has 1 N–H and O–H groups in total. The van der Waals surface area contributed by atoms with Crippen molar-refractivity contribution in [1.29, 1.82) is 0 Å². The number of hydrogen-bond acceptors (Lipinski definition) is 6. The number of rotatable bonds is 8. The van der Waals surface area contributed by atoms with Crippen LogP contribution in [0.4, 0.5) is 11.4 Å². The molecule has 0 saturated carbocycles. The number of esters is 1. The number of hydrogen-bond donors (Lipinski definition) is 1. The van der Waals surface area contributed by atoms with E-state index in [1.54, 1.807) is 48.5 Å². The van der Waals surface area contributed by atoms with Crippen molar-refractivity contribution < 1.29 is 19.1 Å². The molecule has 0 radical (unpaired) electrons. The molecule has 0 aromatic heterocycles. The third-order valence-electron chi connectivity index (χ3n) is 5.16. The van der Waals surface area contributed by atoms with Gasteiger partial charge in [-0.05, 0) is 67.4 Å². The number of amides is 2. The zero-order valence-corrected chi connectivity index (χ0v) is 20.8. The summed E-state index contributed by atoms with van der Waals surface area (Å²) in [6, 6.07) is 21.0. The maximum Gasteiger partial charge on any atom is 0.340 e. The standard InChI is InChI=1S/C27H23ClN2O4S/c1-3-15-34-27(33)21-9-4-5-10-22(21)30-25(31)23(29-19-8-6-7-17(2)16-19)24(26(30)32)35-20-13-11-18(28)12-14-20/h4-14,16,29H,3,15H2,1-2H3. The fraction of sp³-hybridized carbons (Fsp3) is 0.148. The predicted molar refractivity (Wildman–Crippen MR) is 139 cm³/mol. The summed E-state index contributed by atoms with van der Waals surface area (Å²) < 4.78 is 5.28. The summed E-state index contributed by atoms with van der Waals surface area (Å²) in [5.41, 5.74) is 2.14. The molecule has 35 heavy (non-hydrogen) atoms. The van der Waals surface area contributed by atoms with Gasteiger partial charge in [-0.2, -0.15) is 0 Å². The maximum atomic E-state index is 13.7. The molecule has 0 saturated heterocycles. The van der Waals surface area contributed by atoms with Crippen LogP contribution in [0.3, 0.4) is 0 Å². The van der Waals surface area contributed by atoms with Crippen molar-refractivity contribution in [3.05, 3.63) is 99.5 Å². The van der Waals surface area contributed by atoms with Gasteiger partial charge in [-0.15, -0.1) is 0 Å². The van der Waals surface area contributed by atoms with E-state index in [0.717, 1.165) is 27.1 Å². The highest BCUT2D eigenvalue weighted by atomic mass is 35.5. The van der Waals surface area contributed by atoms with Gasteiger partial charge >= 0.3 is 5.97 Å². The number of carbonyl (C=O) groups is 3. The molecule has 0 spiro atoms. The number of thioether (sulfide) groups is 1. The lowest BCUT2D eigenvalue weighted by Gasteiger charge is -2.18. The Morgan fingerprint density at radius 1 is 1.00 bits per heavy atom. The first kappa shape index (κ1) is 24.6. The minimum atomic E-state index is -0.588. The van der Waals surface area contributed by atoms with Crippen LogP contribution in [-0.4, -0.2) is 24.4 Å². The van der Waals surface area contributed by atoms with E-state index < -0.39 is 17.8 Å². The van der Waals surface area contributed by atoms with Crippen LogP contribution in [0.2, 0.25) is 5.02 Å². The highest BCUT2D eigenvalue weighted by molar-refractivity contribution is 8.04. The minimum Gasteiger partial charge on any atom is -0.462 e. The van der Waals surface area contributed by atoms with Crippen molar-refractivity contribution in [2.75, 3.05) is 16.8 Å². The van der Waals surface area contributed by atoms with E-state index in [1.807, 2.05) is 38.1 Å². The summed E-state index contributed by atoms with van der Waals surface area (Å²) >= 11 is 7.17. The molecule has 3 aromatic carbocycles. The summed E-state index contributed by atoms with van der Waals surface area (Å²) in [5.74, 6) is -1.67. The van der Waals surface area contributed by atoms with E-state index >= 15 is 0 Å². The average molecular weight is 507 g/mol. The molecule has 0 aliphatic carbocycles. The van der Waals surface area contributed by atoms with Gasteiger partial charge in [-0.1, -0.05) is 54.6 Å². The van der Waals surface area contributed by atoms with E-state index in [4.69, 9.17) is 16.3 Å². The summed E-state index contributed by atoms with van der Waals surface area (Å²) in [4.78, 5) is 42.0. The van der Waals surface area contributed by atoms with Crippen LogP contribution in [0, 0.1) is 6.92 Å². The number of para-hydroxylation sites is 1. The van der Waals surface area contributed by atoms with Gasteiger partial charge in [-0.3, -0.25) is 9.59 Å². The Labute approximate surface area is 212 Å². The molecule has 4 rings (SSSR count). The van der Waals surface area contributed by atoms with Crippen molar-refractivity contribution in [2.24, 2.45) is 0 Å². The molecule has 0 unspecified atom stereocenters. The number of nitrogens with one attached hydrogen (secondary N) is 1. The van der Waals surface area contributed by atoms with Crippen LogP contribution in [0.5, 0.6) is 0 Å². The summed E-state index contributed by atoms with van der Waals surface area (Å²) in [7, 11) is 0. The molecule has 1 aliphatic heterocycles. The lowest BCUT2D eigenvalue weighted by molar-refractivity contribution is -0.120. The van der Waals surface area contributed by atoms with Gasteiger partial charge in [0, 0.05) is 15.6 Å². The van der Waals surface area contributed by atoms with Gasteiger partial charge in [0.2, 0.25) is 0 Å². The average Bonchev–Trinajstić information content (AvgIpc) is 3.07. The van der Waals surface area contributed by atoms with Gasteiger partial charge in [-0.25, -0.2) is 9.69 Å². The number of benzene rings is 3. The summed E-state index contributed by atoms with van der Waals surface area (Å²) in [5, 5.41) is 3.70. The molecule has 6 nitrogen and oxygen atoms in total. The second-order valence-electron chi connectivity index (χ2n) is 7.85. The first-order valence-electron chi connectivity index (χ1n) is 11.1. The van der Waals surface area contributed by atoms with Gasteiger partial charge in [0.15, 0.2) is 0 Å². The molecule has 1 aliphatic rings. The molecular weight excluding hydrogens is 484 g/mol. The van der Waals surface area contributed by atoms with Gasteiger partial charge in [0.1, 0.15) is 10.6 Å². The normalized spacial score (nSPS) is 13.4. The summed E-state index contributed by atoms with van der Waals surface area (Å²) in [6.45, 7) is 4.07. The Balaban J connectivity index is 1.75. The number of aryl methyl sites for hydroxylation is 1. The van der Waals surface area contributed by atoms with Crippen LogP contribution >= 0.6 is 23.4 Å². The third kappa shape index (κ3) is 5.42. The Morgan fingerprint density at radius 3 is 2.46 bits per heavy atom. The number of halogens is 1. The molecule has 3 aromatic rings. The van der Waals surface area contributed by atoms with Crippen LogP contribution in [0.1, 0.15) is 29.3 Å². The Hall–Kier alpha value is -3.55. The molecule has 0 atom stereocenters. The lowest BCUT2D eigenvalue weighted by atomic mass is 10.1. The molecule has 0 fully saturated rings. The number of nitrogens with zero attached hydrogens (tertiary/aromatic N) is 1. The highest BCUT2D eigenvalue weighted by Gasteiger charge is 2.41. The topological polar surface area (TPSA) is 75.7 Å². The third-order valence-corrected chi connectivity index (χ3v) is 6.51. The van der Waals surface area contributed by atoms with Crippen molar-refractivity contribution in [2.45, 2.75) is 25.2 Å². The van der Waals surface area contributed by atoms with Gasteiger partial charge < -0.3 is 10.1 Å². The highest BCUT2D eigenvalue weighted by Crippen LogP contribution is 2.39. The minimum absolute atomic E-state index is 0.136. The Morgan fingerprint density at radius 2 is 1.74 bits per heavy atom. The fourth-order valence-corrected chi connectivity index (χ4v) is 4.59. The van der Waals surface area contributed by atoms with Crippen LogP contribution in [-0.2, 0) is 14.3 Å². The molecular formula is C27H23ClN2O4S. The second-order valence-corrected chi connectivity index (χ2v) is 9.37. The molecule has 2 amide bonds. The van der Waals surface area contributed by atoms with Crippen molar-refractivity contribution >= 4 is 52.5 Å². The Kier molecular flexibility index (Phi) is 7.58. The molecule has 0 bridgehead atoms. The van der Waals surface area contributed by atoms with E-state index in [-0.39, 0.29) is 28.5 Å². The van der Waals surface area contributed by atoms with Crippen molar-refractivity contribution in [3.63, 3.8) is 0 Å². The van der Waals surface area contributed by atoms with Crippen LogP contribution < -0.4 is 10.2 Å². The van der Waals surface area contributed by atoms with Crippen LogP contribution in [0.15, 0.2) is 88.3 Å². The van der Waals surface area contributed by atoms with Gasteiger partial charge in [0.25, 0.3) is 11.8 Å². The smallest absolute Gasteiger partial charge is 0.340 e. The number of carbonyl (C=O) groups excluding carboxylic acids is 3. The maximum absolute atomic E-state index is 13.7.